The van der Waals surface area contributed by atoms with Crippen molar-refractivity contribution < 1.29 is 14.6 Å². The Morgan fingerprint density at radius 3 is 3.10 bits per heavy atom. The van der Waals surface area contributed by atoms with E-state index in [1.807, 2.05) is 12.1 Å². The van der Waals surface area contributed by atoms with Gasteiger partial charge in [-0.3, -0.25) is 9.78 Å². The van der Waals surface area contributed by atoms with Crippen LogP contribution in [0, 0.1) is 0 Å². The van der Waals surface area contributed by atoms with E-state index in [0.29, 0.717) is 26.0 Å². The number of carbonyl (C=O) groups excluding carboxylic acids is 1. The third kappa shape index (κ3) is 2.69. The predicted octanol–water partition coefficient (Wildman–Crippen LogP) is 0.765. The molecule has 2 fully saturated rings. The molecule has 2 aliphatic heterocycles. The summed E-state index contributed by atoms with van der Waals surface area (Å²) in [5.41, 5.74) is 1.04. The number of aliphatic hydroxyl groups is 1. The highest BCUT2D eigenvalue weighted by Crippen LogP contribution is 2.25. The second-order valence-electron chi connectivity index (χ2n) is 5.52. The lowest BCUT2D eigenvalue weighted by atomic mass is 10.0. The Labute approximate surface area is 118 Å². The number of carbonyl (C=O) groups is 1. The minimum Gasteiger partial charge on any atom is -0.391 e. The van der Waals surface area contributed by atoms with Crippen molar-refractivity contribution in [2.24, 2.45) is 0 Å². The quantitative estimate of drug-likeness (QED) is 0.885. The molecule has 0 bridgehead atoms. The molecule has 0 aromatic carbocycles. The van der Waals surface area contributed by atoms with Crippen molar-refractivity contribution in [3.05, 3.63) is 30.1 Å². The van der Waals surface area contributed by atoms with Gasteiger partial charge in [-0.05, 0) is 37.3 Å². The molecule has 0 aliphatic carbocycles. The number of aliphatic hydroxyl groups excluding tert-OH is 1. The van der Waals surface area contributed by atoms with E-state index in [4.69, 9.17) is 4.74 Å². The normalized spacial score (nSPS) is 29.9. The number of hydrogen-bond donors (Lipinski definition) is 1. The maximum atomic E-state index is 12.5. The maximum Gasteiger partial charge on any atom is 0.252 e. The molecule has 0 radical (unpaired) electrons. The van der Waals surface area contributed by atoms with Gasteiger partial charge in [0, 0.05) is 25.5 Å². The number of rotatable bonds is 3. The number of pyridine rings is 1. The van der Waals surface area contributed by atoms with Crippen LogP contribution in [-0.4, -0.2) is 52.3 Å². The highest BCUT2D eigenvalue weighted by molar-refractivity contribution is 5.81. The summed E-state index contributed by atoms with van der Waals surface area (Å²) in [4.78, 5) is 18.4. The first-order chi connectivity index (χ1) is 9.75. The van der Waals surface area contributed by atoms with Gasteiger partial charge in [0.1, 0.15) is 6.10 Å². The SMILES string of the molecule is O=C([C@@H]1CCCO1)N1CC[C@@H](O)[C@H]1Cc1cccnc1. The molecule has 3 atom stereocenters. The zero-order chi connectivity index (χ0) is 13.9. The molecule has 1 N–H and O–H groups in total. The summed E-state index contributed by atoms with van der Waals surface area (Å²) in [5, 5.41) is 10.2. The van der Waals surface area contributed by atoms with E-state index in [-0.39, 0.29) is 18.1 Å². The molecule has 0 unspecified atom stereocenters. The minimum atomic E-state index is -0.458. The van der Waals surface area contributed by atoms with E-state index in [1.54, 1.807) is 17.3 Å². The zero-order valence-electron chi connectivity index (χ0n) is 11.4. The number of hydrogen-bond acceptors (Lipinski definition) is 4. The van der Waals surface area contributed by atoms with Crippen LogP contribution >= 0.6 is 0 Å². The predicted molar refractivity (Wildman–Crippen MR) is 73.0 cm³/mol. The molecular weight excluding hydrogens is 256 g/mol. The van der Waals surface area contributed by atoms with Gasteiger partial charge in [-0.15, -0.1) is 0 Å². The Hall–Kier alpha value is -1.46. The first kappa shape index (κ1) is 13.5. The van der Waals surface area contributed by atoms with Gasteiger partial charge >= 0.3 is 0 Å². The monoisotopic (exact) mass is 276 g/mol. The molecule has 1 aromatic heterocycles. The first-order valence-corrected chi connectivity index (χ1v) is 7.25. The lowest BCUT2D eigenvalue weighted by Gasteiger charge is -2.28. The zero-order valence-corrected chi connectivity index (χ0v) is 11.4. The topological polar surface area (TPSA) is 62.7 Å². The molecule has 5 heteroatoms. The fourth-order valence-electron chi connectivity index (χ4n) is 3.07. The number of likely N-dealkylation sites (tertiary alicyclic amines) is 1. The number of amides is 1. The van der Waals surface area contributed by atoms with Gasteiger partial charge in [0.2, 0.25) is 0 Å². The van der Waals surface area contributed by atoms with Gasteiger partial charge in [0.25, 0.3) is 5.91 Å². The summed E-state index contributed by atoms with van der Waals surface area (Å²) in [7, 11) is 0. The van der Waals surface area contributed by atoms with Gasteiger partial charge in [-0.1, -0.05) is 6.07 Å². The van der Waals surface area contributed by atoms with E-state index >= 15 is 0 Å². The summed E-state index contributed by atoms with van der Waals surface area (Å²) in [6, 6.07) is 3.70. The van der Waals surface area contributed by atoms with Crippen molar-refractivity contribution in [2.45, 2.75) is 43.9 Å². The number of nitrogens with zero attached hydrogens (tertiary/aromatic N) is 2. The summed E-state index contributed by atoms with van der Waals surface area (Å²) in [6.07, 6.45) is 5.78. The fraction of sp³-hybridized carbons (Fsp3) is 0.600. The largest absolute Gasteiger partial charge is 0.391 e. The van der Waals surface area contributed by atoms with Crippen molar-refractivity contribution in [3.63, 3.8) is 0 Å². The Kier molecular flexibility index (Phi) is 3.98. The van der Waals surface area contributed by atoms with Crippen molar-refractivity contribution >= 4 is 5.91 Å². The third-order valence-electron chi connectivity index (χ3n) is 4.17. The maximum absolute atomic E-state index is 12.5. The summed E-state index contributed by atoms with van der Waals surface area (Å²) in [6.45, 7) is 1.28. The second kappa shape index (κ2) is 5.89. The second-order valence-corrected chi connectivity index (χ2v) is 5.52. The number of ether oxygens (including phenoxy) is 1. The van der Waals surface area contributed by atoms with Crippen molar-refractivity contribution in [1.29, 1.82) is 0 Å². The van der Waals surface area contributed by atoms with Crippen LogP contribution in [-0.2, 0) is 16.0 Å². The lowest BCUT2D eigenvalue weighted by molar-refractivity contribution is -0.142. The molecule has 5 nitrogen and oxygen atoms in total. The molecule has 108 valence electrons. The molecule has 20 heavy (non-hydrogen) atoms. The van der Waals surface area contributed by atoms with Crippen LogP contribution in [0.5, 0.6) is 0 Å². The van der Waals surface area contributed by atoms with Gasteiger partial charge in [0.15, 0.2) is 0 Å². The minimum absolute atomic E-state index is 0.0351. The van der Waals surface area contributed by atoms with E-state index in [2.05, 4.69) is 4.98 Å². The van der Waals surface area contributed by atoms with E-state index in [9.17, 15) is 9.90 Å². The molecular formula is C15H20N2O3. The number of aromatic nitrogens is 1. The third-order valence-corrected chi connectivity index (χ3v) is 4.17. The highest BCUT2D eigenvalue weighted by atomic mass is 16.5. The average molecular weight is 276 g/mol. The van der Waals surface area contributed by atoms with Crippen LogP contribution in [0.25, 0.3) is 0 Å². The van der Waals surface area contributed by atoms with Crippen molar-refractivity contribution in [1.82, 2.24) is 9.88 Å². The first-order valence-electron chi connectivity index (χ1n) is 7.25. The Balaban J connectivity index is 1.71. The Morgan fingerprint density at radius 2 is 2.40 bits per heavy atom. The molecule has 2 saturated heterocycles. The van der Waals surface area contributed by atoms with Gasteiger partial charge in [-0.2, -0.15) is 0 Å². The van der Waals surface area contributed by atoms with Crippen molar-refractivity contribution in [2.75, 3.05) is 13.2 Å². The molecule has 3 rings (SSSR count). The summed E-state index contributed by atoms with van der Waals surface area (Å²) >= 11 is 0. The van der Waals surface area contributed by atoms with Crippen molar-refractivity contribution in [3.8, 4) is 0 Å². The van der Waals surface area contributed by atoms with Gasteiger partial charge in [0.05, 0.1) is 12.1 Å². The van der Waals surface area contributed by atoms with Crippen LogP contribution in [0.2, 0.25) is 0 Å². The summed E-state index contributed by atoms with van der Waals surface area (Å²) < 4.78 is 5.48. The van der Waals surface area contributed by atoms with E-state index in [0.717, 1.165) is 18.4 Å². The Bertz CT molecular complexity index is 459. The molecule has 0 saturated carbocycles. The molecule has 1 aromatic rings. The molecule has 3 heterocycles. The van der Waals surface area contributed by atoms with Crippen LogP contribution in [0.3, 0.4) is 0 Å². The van der Waals surface area contributed by atoms with Crippen LogP contribution in [0.1, 0.15) is 24.8 Å². The average Bonchev–Trinajstić information content (AvgIpc) is 3.11. The molecule has 2 aliphatic rings. The van der Waals surface area contributed by atoms with Crippen LogP contribution in [0.4, 0.5) is 0 Å². The van der Waals surface area contributed by atoms with Crippen LogP contribution in [0.15, 0.2) is 24.5 Å². The van der Waals surface area contributed by atoms with E-state index in [1.165, 1.54) is 0 Å². The fourth-order valence-corrected chi connectivity index (χ4v) is 3.07. The van der Waals surface area contributed by atoms with E-state index < -0.39 is 6.10 Å². The lowest BCUT2D eigenvalue weighted by Crippen LogP contribution is -2.45. The highest BCUT2D eigenvalue weighted by Gasteiger charge is 2.39. The van der Waals surface area contributed by atoms with Crippen LogP contribution < -0.4 is 0 Å². The summed E-state index contributed by atoms with van der Waals surface area (Å²) in [5.74, 6) is 0.0351. The molecule has 1 amide bonds. The van der Waals surface area contributed by atoms with Gasteiger partial charge < -0.3 is 14.7 Å². The Morgan fingerprint density at radius 1 is 1.50 bits per heavy atom. The van der Waals surface area contributed by atoms with Gasteiger partial charge in [-0.25, -0.2) is 0 Å². The molecule has 0 spiro atoms. The standard InChI is InChI=1S/C15H20N2O3/c18-13-5-7-17(15(19)14-4-2-8-20-14)12(13)9-11-3-1-6-16-10-11/h1,3,6,10,12-14,18H,2,4-5,7-9H2/t12-,13-,14+/m1/s1. The smallest absolute Gasteiger partial charge is 0.252 e.